The molecule has 130 valence electrons. The lowest BCUT2D eigenvalue weighted by molar-refractivity contribution is 0.293. The number of hydrogen-bond donors (Lipinski definition) is 0. The van der Waals surface area contributed by atoms with Gasteiger partial charge in [-0.1, -0.05) is 26.0 Å². The minimum Gasteiger partial charge on any atom is -0.298 e. The topological polar surface area (TPSA) is 53.5 Å². The maximum Gasteiger partial charge on any atom is 0.138 e. The summed E-state index contributed by atoms with van der Waals surface area (Å²) in [6, 6.07) is 10.7. The van der Waals surface area contributed by atoms with E-state index in [1.807, 2.05) is 44.4 Å². The van der Waals surface area contributed by atoms with E-state index in [0.29, 0.717) is 16.8 Å². The smallest absolute Gasteiger partial charge is 0.138 e. The number of rotatable bonds is 1. The fourth-order valence-electron chi connectivity index (χ4n) is 3.56. The number of fused-ring (bicyclic) bond motifs is 2. The van der Waals surface area contributed by atoms with Crippen LogP contribution in [0.25, 0.3) is 5.65 Å². The van der Waals surface area contributed by atoms with Gasteiger partial charge in [-0.3, -0.25) is 9.39 Å². The number of halogens is 1. The summed E-state index contributed by atoms with van der Waals surface area (Å²) in [5.74, 6) is -0.214. The Morgan fingerprint density at radius 1 is 1.15 bits per heavy atom. The molecule has 3 aromatic rings. The number of nitriles is 1. The molecule has 3 heterocycles. The monoisotopic (exact) mass is 346 g/mol. The molecule has 0 amide bonds. The van der Waals surface area contributed by atoms with Crippen molar-refractivity contribution in [2.24, 2.45) is 4.99 Å². The molecule has 1 aliphatic rings. The number of nitrogens with zero attached hydrogens (tertiary/aromatic N) is 4. The van der Waals surface area contributed by atoms with Crippen LogP contribution in [-0.4, -0.2) is 20.6 Å². The predicted molar refractivity (Wildman–Crippen MR) is 99.1 cm³/mol. The molecule has 1 aromatic carbocycles. The van der Waals surface area contributed by atoms with E-state index in [2.05, 4.69) is 11.1 Å². The molecule has 0 N–H and O–H groups in total. The molecule has 0 saturated heterocycles. The Morgan fingerprint density at radius 3 is 2.65 bits per heavy atom. The number of imidazole rings is 1. The van der Waals surface area contributed by atoms with Crippen LogP contribution in [0.5, 0.6) is 0 Å². The molecule has 0 saturated carbocycles. The minimum atomic E-state index is -0.492. The first-order chi connectivity index (χ1) is 12.3. The normalized spacial score (nSPS) is 17.5. The van der Waals surface area contributed by atoms with Gasteiger partial charge in [0, 0.05) is 22.7 Å². The van der Waals surface area contributed by atoms with E-state index < -0.39 is 11.0 Å². The van der Waals surface area contributed by atoms with Gasteiger partial charge in [0.1, 0.15) is 11.5 Å². The van der Waals surface area contributed by atoms with Crippen molar-refractivity contribution in [1.82, 2.24) is 9.38 Å². The fourth-order valence-corrected chi connectivity index (χ4v) is 3.56. The van der Waals surface area contributed by atoms with Gasteiger partial charge in [-0.05, 0) is 32.0 Å². The molecule has 0 unspecified atom stereocenters. The van der Waals surface area contributed by atoms with E-state index in [-0.39, 0.29) is 5.82 Å². The van der Waals surface area contributed by atoms with Crippen LogP contribution in [0.4, 0.5) is 4.39 Å². The first-order valence-electron chi connectivity index (χ1n) is 8.53. The second-order valence-electron chi connectivity index (χ2n) is 7.71. The fraction of sp³-hybridized carbons (Fsp3) is 0.286. The van der Waals surface area contributed by atoms with Crippen molar-refractivity contribution < 1.29 is 4.39 Å². The summed E-state index contributed by atoms with van der Waals surface area (Å²) in [7, 11) is 0. The molecule has 0 spiro atoms. The summed E-state index contributed by atoms with van der Waals surface area (Å²) in [6.07, 6.45) is 3.54. The van der Waals surface area contributed by atoms with Crippen LogP contribution in [0.15, 0.2) is 47.7 Å². The van der Waals surface area contributed by atoms with Crippen LogP contribution in [-0.2, 0) is 5.41 Å². The maximum atomic E-state index is 14.8. The Morgan fingerprint density at radius 2 is 1.92 bits per heavy atom. The van der Waals surface area contributed by atoms with Gasteiger partial charge in [0.2, 0.25) is 0 Å². The largest absolute Gasteiger partial charge is 0.298 e. The second-order valence-corrected chi connectivity index (χ2v) is 7.71. The van der Waals surface area contributed by atoms with Gasteiger partial charge in [0.25, 0.3) is 0 Å². The molecule has 1 aliphatic heterocycles. The quantitative estimate of drug-likeness (QED) is 0.661. The van der Waals surface area contributed by atoms with Crippen LogP contribution in [0, 0.1) is 17.1 Å². The highest BCUT2D eigenvalue weighted by atomic mass is 19.1. The lowest BCUT2D eigenvalue weighted by Gasteiger charge is -2.44. The van der Waals surface area contributed by atoms with Crippen LogP contribution < -0.4 is 0 Å². The molecule has 0 atom stereocenters. The first kappa shape index (κ1) is 16.5. The van der Waals surface area contributed by atoms with Gasteiger partial charge in [-0.15, -0.1) is 0 Å². The average Bonchev–Trinajstić information content (AvgIpc) is 3.01. The zero-order valence-electron chi connectivity index (χ0n) is 15.2. The lowest BCUT2D eigenvalue weighted by Crippen LogP contribution is -2.47. The summed E-state index contributed by atoms with van der Waals surface area (Å²) in [4.78, 5) is 9.43. The SMILES string of the molecule is CC1(C)N=C(c2cnc3cc(C#N)ccn23)c2cccc(F)c2C1(C)C. The summed E-state index contributed by atoms with van der Waals surface area (Å²) in [6.45, 7) is 8.12. The Bertz CT molecular complexity index is 1110. The zero-order chi connectivity index (χ0) is 18.7. The number of pyridine rings is 1. The maximum absolute atomic E-state index is 14.8. The molecule has 0 fully saturated rings. The number of benzene rings is 1. The molecule has 5 heteroatoms. The number of aromatic nitrogens is 2. The van der Waals surface area contributed by atoms with E-state index in [0.717, 1.165) is 17.0 Å². The van der Waals surface area contributed by atoms with Crippen molar-refractivity contribution in [3.05, 3.63) is 70.9 Å². The van der Waals surface area contributed by atoms with E-state index >= 15 is 0 Å². The van der Waals surface area contributed by atoms with Gasteiger partial charge in [-0.2, -0.15) is 5.26 Å². The van der Waals surface area contributed by atoms with E-state index in [4.69, 9.17) is 10.3 Å². The van der Waals surface area contributed by atoms with Gasteiger partial charge in [0.15, 0.2) is 0 Å². The van der Waals surface area contributed by atoms with Crippen molar-refractivity contribution in [3.8, 4) is 6.07 Å². The van der Waals surface area contributed by atoms with Gasteiger partial charge >= 0.3 is 0 Å². The number of aliphatic imine (C=N–C) groups is 1. The Hall–Kier alpha value is -3.00. The minimum absolute atomic E-state index is 0.214. The van der Waals surface area contributed by atoms with Crippen molar-refractivity contribution in [3.63, 3.8) is 0 Å². The molecular formula is C21H19FN4. The van der Waals surface area contributed by atoms with Gasteiger partial charge < -0.3 is 0 Å². The average molecular weight is 346 g/mol. The third-order valence-corrected chi connectivity index (χ3v) is 5.70. The third-order valence-electron chi connectivity index (χ3n) is 5.70. The van der Waals surface area contributed by atoms with E-state index in [1.54, 1.807) is 24.4 Å². The molecule has 0 bridgehead atoms. The summed E-state index contributed by atoms with van der Waals surface area (Å²) >= 11 is 0. The van der Waals surface area contributed by atoms with Crippen LogP contribution in [0.1, 0.15) is 50.1 Å². The summed E-state index contributed by atoms with van der Waals surface area (Å²) in [5.41, 5.74) is 3.26. The lowest BCUT2D eigenvalue weighted by atomic mass is 9.66. The van der Waals surface area contributed by atoms with Crippen LogP contribution in [0.2, 0.25) is 0 Å². The Kier molecular flexibility index (Phi) is 3.32. The summed E-state index contributed by atoms with van der Waals surface area (Å²) in [5, 5.41) is 9.09. The van der Waals surface area contributed by atoms with Crippen LogP contribution >= 0.6 is 0 Å². The van der Waals surface area contributed by atoms with Gasteiger partial charge in [-0.25, -0.2) is 9.37 Å². The predicted octanol–water partition coefficient (Wildman–Crippen LogP) is 4.25. The molecule has 4 rings (SSSR count). The van der Waals surface area contributed by atoms with E-state index in [1.165, 1.54) is 6.07 Å². The van der Waals surface area contributed by atoms with E-state index in [9.17, 15) is 4.39 Å². The first-order valence-corrected chi connectivity index (χ1v) is 8.53. The van der Waals surface area contributed by atoms with Crippen molar-refractivity contribution in [1.29, 1.82) is 5.26 Å². The van der Waals surface area contributed by atoms with Gasteiger partial charge in [0.05, 0.1) is 34.8 Å². The standard InChI is InChI=1S/C21H19FN4/c1-20(2)18-14(6-5-7-15(18)22)19(25-21(20,3)4)16-12-24-17-10-13(11-23)8-9-26(16)17/h5-10,12H,1-4H3. The van der Waals surface area contributed by atoms with Crippen molar-refractivity contribution in [2.75, 3.05) is 0 Å². The molecule has 0 radical (unpaired) electrons. The molecule has 0 aliphatic carbocycles. The highest BCUT2D eigenvalue weighted by molar-refractivity contribution is 6.14. The molecule has 26 heavy (non-hydrogen) atoms. The third kappa shape index (κ3) is 2.12. The molecule has 2 aromatic heterocycles. The van der Waals surface area contributed by atoms with Crippen molar-refractivity contribution in [2.45, 2.75) is 38.6 Å². The second kappa shape index (κ2) is 5.25. The Balaban J connectivity index is 2.03. The highest BCUT2D eigenvalue weighted by Gasteiger charge is 2.45. The number of hydrogen-bond acceptors (Lipinski definition) is 3. The zero-order valence-corrected chi connectivity index (χ0v) is 15.2. The highest BCUT2D eigenvalue weighted by Crippen LogP contribution is 2.44. The molecule has 4 nitrogen and oxygen atoms in total. The molecular weight excluding hydrogens is 327 g/mol. The summed E-state index contributed by atoms with van der Waals surface area (Å²) < 4.78 is 16.7. The van der Waals surface area contributed by atoms with Crippen molar-refractivity contribution >= 4 is 11.4 Å². The van der Waals surface area contributed by atoms with Crippen LogP contribution in [0.3, 0.4) is 0 Å². The Labute approximate surface area is 151 Å².